The monoisotopic (exact) mass is 518 g/mol. The van der Waals surface area contributed by atoms with Crippen molar-refractivity contribution in [3.63, 3.8) is 0 Å². The molecule has 1 aliphatic heterocycles. The maximum Gasteiger partial charge on any atom is 0.338 e. The van der Waals surface area contributed by atoms with Crippen LogP contribution in [0, 0.1) is 0 Å². The molecule has 7 nitrogen and oxygen atoms in total. The van der Waals surface area contributed by atoms with E-state index in [0.717, 1.165) is 5.56 Å². The molecule has 2 heterocycles. The van der Waals surface area contributed by atoms with Gasteiger partial charge in [0.2, 0.25) is 0 Å². The van der Waals surface area contributed by atoms with E-state index < -0.39 is 18.0 Å². The molecule has 0 bridgehead atoms. The van der Waals surface area contributed by atoms with Crippen LogP contribution in [0.15, 0.2) is 69.6 Å². The Morgan fingerprint density at radius 1 is 1.08 bits per heavy atom. The Morgan fingerprint density at radius 2 is 1.73 bits per heavy atom. The molecule has 192 valence electrons. The second-order valence-corrected chi connectivity index (χ2v) is 10.8. The summed E-state index contributed by atoms with van der Waals surface area (Å²) < 4.78 is 12.5. The third-order valence-electron chi connectivity index (χ3n) is 6.05. The van der Waals surface area contributed by atoms with Crippen LogP contribution in [0.1, 0.15) is 64.3 Å². The molecule has 1 atom stereocenters. The summed E-state index contributed by atoms with van der Waals surface area (Å²) in [6, 6.07) is 14.2. The van der Waals surface area contributed by atoms with Crippen molar-refractivity contribution < 1.29 is 19.1 Å². The molecule has 1 aliphatic rings. The minimum atomic E-state index is -0.730. The van der Waals surface area contributed by atoms with E-state index in [1.807, 2.05) is 18.2 Å². The fourth-order valence-electron chi connectivity index (χ4n) is 4.22. The van der Waals surface area contributed by atoms with Gasteiger partial charge in [-0.15, -0.1) is 0 Å². The number of allylic oxidation sites excluding steroid dienone is 1. The second-order valence-electron chi connectivity index (χ2n) is 9.84. The average molecular weight is 519 g/mol. The number of carbonyl (C=O) groups excluding carboxylic acids is 2. The second kappa shape index (κ2) is 10.3. The van der Waals surface area contributed by atoms with Crippen LogP contribution in [0.4, 0.5) is 0 Å². The summed E-state index contributed by atoms with van der Waals surface area (Å²) in [5.41, 5.74) is 3.37. The molecule has 8 heteroatoms. The number of nitrogens with zero attached hydrogens (tertiary/aromatic N) is 2. The Bertz CT molecular complexity index is 1550. The number of esters is 2. The van der Waals surface area contributed by atoms with Crippen molar-refractivity contribution in [1.82, 2.24) is 4.57 Å². The number of benzene rings is 2. The molecular weight excluding hydrogens is 488 g/mol. The first-order valence-electron chi connectivity index (χ1n) is 12.1. The Morgan fingerprint density at radius 3 is 2.30 bits per heavy atom. The minimum Gasteiger partial charge on any atom is -0.463 e. The zero-order valence-corrected chi connectivity index (χ0v) is 22.6. The van der Waals surface area contributed by atoms with Crippen molar-refractivity contribution in [3.8, 4) is 5.75 Å². The topological polar surface area (TPSA) is 87.0 Å². The summed E-state index contributed by atoms with van der Waals surface area (Å²) in [6.45, 7) is 11.5. The number of hydrogen-bond donors (Lipinski definition) is 0. The molecule has 3 aromatic rings. The number of ether oxygens (including phenoxy) is 2. The van der Waals surface area contributed by atoms with E-state index >= 15 is 0 Å². The average Bonchev–Trinajstić information content (AvgIpc) is 3.12. The van der Waals surface area contributed by atoms with Crippen LogP contribution in [0.25, 0.3) is 6.08 Å². The fourth-order valence-corrected chi connectivity index (χ4v) is 5.27. The van der Waals surface area contributed by atoms with Crippen molar-refractivity contribution in [2.24, 2.45) is 4.99 Å². The van der Waals surface area contributed by atoms with Crippen molar-refractivity contribution in [3.05, 3.63) is 96.2 Å². The Labute approximate surface area is 219 Å². The van der Waals surface area contributed by atoms with E-state index in [1.165, 1.54) is 23.8 Å². The van der Waals surface area contributed by atoms with Crippen LogP contribution in [0.2, 0.25) is 0 Å². The summed E-state index contributed by atoms with van der Waals surface area (Å²) in [6.07, 6.45) is 1.85. The molecule has 0 amide bonds. The molecule has 0 radical (unpaired) electrons. The van der Waals surface area contributed by atoms with Gasteiger partial charge in [0, 0.05) is 6.92 Å². The number of fused-ring (bicyclic) bond motifs is 1. The zero-order chi connectivity index (χ0) is 26.9. The van der Waals surface area contributed by atoms with Gasteiger partial charge in [-0.2, -0.15) is 0 Å². The highest BCUT2D eigenvalue weighted by Crippen LogP contribution is 2.31. The molecule has 2 aromatic carbocycles. The van der Waals surface area contributed by atoms with E-state index in [9.17, 15) is 14.4 Å². The Kier molecular flexibility index (Phi) is 7.32. The molecular formula is C29H30N2O5S. The molecule has 0 saturated heterocycles. The SMILES string of the molecule is CCOC(=O)C1=C(C)N=c2sc(=Cc3ccc(C(C)(C)C)cc3)c(=O)n2C1c1ccc(OC(C)=O)cc1. The Balaban J connectivity index is 1.86. The smallest absolute Gasteiger partial charge is 0.338 e. The van der Waals surface area contributed by atoms with Crippen molar-refractivity contribution in [2.45, 2.75) is 53.0 Å². The third-order valence-corrected chi connectivity index (χ3v) is 7.03. The van der Waals surface area contributed by atoms with Crippen molar-refractivity contribution in [1.29, 1.82) is 0 Å². The molecule has 0 aliphatic carbocycles. The lowest BCUT2D eigenvalue weighted by atomic mass is 9.87. The van der Waals surface area contributed by atoms with Gasteiger partial charge < -0.3 is 9.47 Å². The van der Waals surface area contributed by atoms with Gasteiger partial charge in [0.15, 0.2) is 4.80 Å². The molecule has 1 unspecified atom stereocenters. The van der Waals surface area contributed by atoms with Crippen LogP contribution in [0.3, 0.4) is 0 Å². The maximum atomic E-state index is 13.7. The lowest BCUT2D eigenvalue weighted by molar-refractivity contribution is -0.139. The maximum absolute atomic E-state index is 13.7. The van der Waals surface area contributed by atoms with Crippen LogP contribution in [-0.2, 0) is 19.7 Å². The molecule has 0 saturated carbocycles. The highest BCUT2D eigenvalue weighted by Gasteiger charge is 2.33. The summed E-state index contributed by atoms with van der Waals surface area (Å²) in [5.74, 6) is -0.579. The van der Waals surface area contributed by atoms with Gasteiger partial charge in [-0.05, 0) is 54.2 Å². The summed E-state index contributed by atoms with van der Waals surface area (Å²) >= 11 is 1.28. The van der Waals surface area contributed by atoms with E-state index in [1.54, 1.807) is 42.7 Å². The van der Waals surface area contributed by atoms with Crippen LogP contribution < -0.4 is 19.6 Å². The fraction of sp³-hybridized carbons (Fsp3) is 0.310. The molecule has 0 N–H and O–H groups in total. The highest BCUT2D eigenvalue weighted by molar-refractivity contribution is 7.07. The van der Waals surface area contributed by atoms with Crippen molar-refractivity contribution >= 4 is 29.4 Å². The normalized spacial score (nSPS) is 15.7. The van der Waals surface area contributed by atoms with E-state index in [-0.39, 0.29) is 17.6 Å². The first-order chi connectivity index (χ1) is 17.5. The van der Waals surface area contributed by atoms with Crippen LogP contribution in [-0.4, -0.2) is 23.1 Å². The molecule has 0 spiro atoms. The van der Waals surface area contributed by atoms with Crippen molar-refractivity contribution in [2.75, 3.05) is 6.61 Å². The number of thiazole rings is 1. The van der Waals surface area contributed by atoms with Gasteiger partial charge in [0.25, 0.3) is 5.56 Å². The number of aromatic nitrogens is 1. The van der Waals surface area contributed by atoms with Gasteiger partial charge in [-0.3, -0.25) is 14.2 Å². The third kappa shape index (κ3) is 5.49. The molecule has 37 heavy (non-hydrogen) atoms. The number of rotatable bonds is 5. The summed E-state index contributed by atoms with van der Waals surface area (Å²) in [5, 5.41) is 0. The van der Waals surface area contributed by atoms with Gasteiger partial charge in [-0.1, -0.05) is 68.5 Å². The predicted octanol–water partition coefficient (Wildman–Crippen LogP) is 4.02. The molecule has 1 aromatic heterocycles. The predicted molar refractivity (Wildman–Crippen MR) is 143 cm³/mol. The summed E-state index contributed by atoms with van der Waals surface area (Å²) in [7, 11) is 0. The molecule has 0 fully saturated rings. The van der Waals surface area contributed by atoms with Gasteiger partial charge in [0.1, 0.15) is 5.75 Å². The van der Waals surface area contributed by atoms with Gasteiger partial charge in [0.05, 0.1) is 28.5 Å². The van der Waals surface area contributed by atoms with E-state index in [2.05, 4.69) is 37.9 Å². The standard InChI is InChI=1S/C29H30N2O5S/c1-7-35-27(34)24-17(2)30-28-31(25(24)20-10-14-22(15-11-20)36-18(3)32)26(33)23(37-28)16-19-8-12-21(13-9-19)29(4,5)6/h8-16,25H,7H2,1-6H3. The lowest BCUT2D eigenvalue weighted by Gasteiger charge is -2.24. The zero-order valence-electron chi connectivity index (χ0n) is 21.8. The lowest BCUT2D eigenvalue weighted by Crippen LogP contribution is -2.39. The largest absolute Gasteiger partial charge is 0.463 e. The van der Waals surface area contributed by atoms with Gasteiger partial charge >= 0.3 is 11.9 Å². The van der Waals surface area contributed by atoms with Crippen LogP contribution in [0.5, 0.6) is 5.75 Å². The van der Waals surface area contributed by atoms with Crippen LogP contribution >= 0.6 is 11.3 Å². The van der Waals surface area contributed by atoms with E-state index in [4.69, 9.17) is 9.47 Å². The number of carbonyl (C=O) groups is 2. The summed E-state index contributed by atoms with van der Waals surface area (Å²) in [4.78, 5) is 43.2. The minimum absolute atomic E-state index is 0.0316. The number of hydrogen-bond acceptors (Lipinski definition) is 7. The quantitative estimate of drug-likeness (QED) is 0.376. The first kappa shape index (κ1) is 26.3. The van der Waals surface area contributed by atoms with Gasteiger partial charge in [-0.25, -0.2) is 9.79 Å². The van der Waals surface area contributed by atoms with E-state index in [0.29, 0.717) is 31.9 Å². The highest BCUT2D eigenvalue weighted by atomic mass is 32.1. The first-order valence-corrected chi connectivity index (χ1v) is 12.9. The Hall–Kier alpha value is -3.78. The molecule has 4 rings (SSSR count).